The summed E-state index contributed by atoms with van der Waals surface area (Å²) in [6.07, 6.45) is 9.31. The molecule has 274 valence electrons. The highest BCUT2D eigenvalue weighted by atomic mass is 16.3. The summed E-state index contributed by atoms with van der Waals surface area (Å²) < 4.78 is 6.59. The van der Waals surface area contributed by atoms with E-state index in [2.05, 4.69) is 169 Å². The summed E-state index contributed by atoms with van der Waals surface area (Å²) in [5.41, 5.74) is 8.99. The summed E-state index contributed by atoms with van der Waals surface area (Å²) in [6, 6.07) is 62.0. The van der Waals surface area contributed by atoms with Crippen LogP contribution < -0.4 is 4.90 Å². The Balaban J connectivity index is 0.986. The average Bonchev–Trinajstić information content (AvgIpc) is 3.68. The van der Waals surface area contributed by atoms with Crippen molar-refractivity contribution in [2.24, 2.45) is 0 Å². The van der Waals surface area contributed by atoms with Gasteiger partial charge in [0.2, 0.25) is 0 Å². The van der Waals surface area contributed by atoms with Crippen LogP contribution in [-0.4, -0.2) is 15.0 Å². The van der Waals surface area contributed by atoms with Gasteiger partial charge in [0.1, 0.15) is 17.0 Å². The topological polar surface area (TPSA) is 55.1 Å². The quantitative estimate of drug-likeness (QED) is 0.163. The molecule has 1 unspecified atom stereocenters. The number of furan rings is 1. The van der Waals surface area contributed by atoms with E-state index in [9.17, 15) is 0 Å². The van der Waals surface area contributed by atoms with E-state index in [1.807, 2.05) is 36.4 Å². The van der Waals surface area contributed by atoms with Crippen molar-refractivity contribution in [1.29, 1.82) is 0 Å². The maximum absolute atomic E-state index is 6.59. The highest BCUT2D eigenvalue weighted by molar-refractivity contribution is 6.13. The zero-order valence-electron chi connectivity index (χ0n) is 31.5. The molecule has 0 saturated carbocycles. The number of hydrogen-bond acceptors (Lipinski definition) is 5. The molecule has 0 saturated heterocycles. The van der Waals surface area contributed by atoms with Crippen molar-refractivity contribution in [3.63, 3.8) is 0 Å². The van der Waals surface area contributed by atoms with Crippen molar-refractivity contribution in [2.75, 3.05) is 4.90 Å². The molecule has 0 radical (unpaired) electrons. The predicted molar refractivity (Wildman–Crippen MR) is 239 cm³/mol. The van der Waals surface area contributed by atoms with E-state index in [-0.39, 0.29) is 5.92 Å². The summed E-state index contributed by atoms with van der Waals surface area (Å²) in [4.78, 5) is 17.3. The van der Waals surface area contributed by atoms with Gasteiger partial charge in [-0.05, 0) is 93.7 Å². The fraction of sp³-hybridized carbons (Fsp3) is 0.0377. The number of allylic oxidation sites excluding steroid dienone is 4. The smallest absolute Gasteiger partial charge is 0.163 e. The lowest BCUT2D eigenvalue weighted by atomic mass is 9.98. The van der Waals surface area contributed by atoms with Crippen LogP contribution >= 0.6 is 0 Å². The van der Waals surface area contributed by atoms with E-state index in [1.54, 1.807) is 0 Å². The normalized spacial score (nSPS) is 13.8. The van der Waals surface area contributed by atoms with Crippen LogP contribution in [0.4, 0.5) is 17.1 Å². The van der Waals surface area contributed by atoms with Crippen LogP contribution in [0.15, 0.2) is 205 Å². The largest absolute Gasteiger partial charge is 0.456 e. The van der Waals surface area contributed by atoms with Gasteiger partial charge in [-0.3, -0.25) is 0 Å². The first-order chi connectivity index (χ1) is 28.7. The van der Waals surface area contributed by atoms with Crippen molar-refractivity contribution in [1.82, 2.24) is 15.0 Å². The third-order valence-electron chi connectivity index (χ3n) is 11.2. The number of fused-ring (bicyclic) bond motifs is 5. The summed E-state index contributed by atoms with van der Waals surface area (Å²) in [5, 5.41) is 6.98. The predicted octanol–water partition coefficient (Wildman–Crippen LogP) is 14.1. The molecule has 1 aliphatic carbocycles. The maximum atomic E-state index is 6.59. The van der Waals surface area contributed by atoms with E-state index in [1.165, 1.54) is 21.5 Å². The van der Waals surface area contributed by atoms with Crippen molar-refractivity contribution in [3.8, 4) is 33.9 Å². The Morgan fingerprint density at radius 3 is 1.79 bits per heavy atom. The van der Waals surface area contributed by atoms with Gasteiger partial charge in [0.15, 0.2) is 11.6 Å². The van der Waals surface area contributed by atoms with Crippen LogP contribution in [0.2, 0.25) is 0 Å². The lowest BCUT2D eigenvalue weighted by molar-refractivity contribution is 0.669. The van der Waals surface area contributed by atoms with E-state index in [0.717, 1.165) is 73.5 Å². The van der Waals surface area contributed by atoms with Gasteiger partial charge in [0, 0.05) is 44.9 Å². The molecule has 0 fully saturated rings. The Morgan fingerprint density at radius 1 is 0.466 bits per heavy atom. The lowest BCUT2D eigenvalue weighted by Crippen LogP contribution is -2.09. The van der Waals surface area contributed by atoms with Crippen LogP contribution in [0.25, 0.3) is 77.4 Å². The highest BCUT2D eigenvalue weighted by Crippen LogP contribution is 2.41. The van der Waals surface area contributed by atoms with Gasteiger partial charge in [-0.1, -0.05) is 146 Å². The lowest BCUT2D eigenvalue weighted by Gasteiger charge is -2.26. The molecule has 58 heavy (non-hydrogen) atoms. The first-order valence-corrected chi connectivity index (χ1v) is 19.7. The molecule has 0 spiro atoms. The Kier molecular flexibility index (Phi) is 8.21. The third-order valence-corrected chi connectivity index (χ3v) is 11.2. The molecule has 0 bridgehead atoms. The van der Waals surface area contributed by atoms with Crippen LogP contribution in [0.3, 0.4) is 0 Å². The second-order valence-corrected chi connectivity index (χ2v) is 14.8. The molecule has 1 aliphatic rings. The van der Waals surface area contributed by atoms with E-state index < -0.39 is 0 Å². The first kappa shape index (κ1) is 33.7. The summed E-state index contributed by atoms with van der Waals surface area (Å²) >= 11 is 0. The zero-order valence-corrected chi connectivity index (χ0v) is 31.5. The standard InChI is InChI=1S/C53H36N4O/c1-3-14-38(15-4-1)51-54-52(39-16-5-2-6-17-39)56-53(55-51)42-26-31-47-49(34-42)58-48-21-11-20-46(50(47)48)37-24-27-43(28-25-37)57(44-29-22-35-12-7-9-18-40(35)32-44)45-30-23-36-13-8-10-19-41(36)33-45/h1-16,18-34,39H,17H2. The van der Waals surface area contributed by atoms with Crippen molar-refractivity contribution >= 4 is 60.5 Å². The van der Waals surface area contributed by atoms with Crippen LogP contribution in [-0.2, 0) is 0 Å². The van der Waals surface area contributed by atoms with Crippen LogP contribution in [0, 0.1) is 0 Å². The van der Waals surface area contributed by atoms with E-state index >= 15 is 0 Å². The minimum atomic E-state index is 0.0883. The molecular weight excluding hydrogens is 709 g/mol. The molecule has 2 aromatic heterocycles. The number of hydrogen-bond donors (Lipinski definition) is 0. The summed E-state index contributed by atoms with van der Waals surface area (Å²) in [5.74, 6) is 2.15. The zero-order chi connectivity index (χ0) is 38.4. The second kappa shape index (κ2) is 14.1. The minimum Gasteiger partial charge on any atom is -0.456 e. The Hall–Kier alpha value is -7.63. The minimum absolute atomic E-state index is 0.0883. The fourth-order valence-electron chi connectivity index (χ4n) is 8.25. The number of nitrogens with zero attached hydrogens (tertiary/aromatic N) is 4. The number of benzene rings is 8. The van der Waals surface area contributed by atoms with Gasteiger partial charge in [-0.25, -0.2) is 15.0 Å². The number of anilines is 3. The third kappa shape index (κ3) is 6.10. The van der Waals surface area contributed by atoms with Gasteiger partial charge >= 0.3 is 0 Å². The average molecular weight is 745 g/mol. The Bertz CT molecular complexity index is 3140. The maximum Gasteiger partial charge on any atom is 0.163 e. The van der Waals surface area contributed by atoms with Gasteiger partial charge < -0.3 is 9.32 Å². The number of rotatable bonds is 7. The summed E-state index contributed by atoms with van der Waals surface area (Å²) in [7, 11) is 0. The summed E-state index contributed by atoms with van der Waals surface area (Å²) in [6.45, 7) is 0. The van der Waals surface area contributed by atoms with Gasteiger partial charge in [-0.15, -0.1) is 0 Å². The SMILES string of the molecule is C1=CCC(c2nc(-c3ccccc3)nc(-c3ccc4c(c3)oc3cccc(-c5ccc(N(c6ccc7ccccc7c6)c6ccc7ccccc7c6)cc5)c34)n2)C=C1. The molecule has 10 aromatic rings. The number of aromatic nitrogens is 3. The van der Waals surface area contributed by atoms with Gasteiger partial charge in [0.25, 0.3) is 0 Å². The molecule has 2 heterocycles. The van der Waals surface area contributed by atoms with E-state index in [0.29, 0.717) is 11.6 Å². The van der Waals surface area contributed by atoms with Crippen LogP contribution in [0.1, 0.15) is 18.2 Å². The second-order valence-electron chi connectivity index (χ2n) is 14.8. The molecule has 0 amide bonds. The molecular formula is C53H36N4O. The van der Waals surface area contributed by atoms with Crippen molar-refractivity contribution < 1.29 is 4.42 Å². The molecule has 8 aromatic carbocycles. The molecule has 0 aliphatic heterocycles. The molecule has 1 atom stereocenters. The van der Waals surface area contributed by atoms with Crippen LogP contribution in [0.5, 0.6) is 0 Å². The Labute approximate surface area is 335 Å². The highest BCUT2D eigenvalue weighted by Gasteiger charge is 2.20. The van der Waals surface area contributed by atoms with Gasteiger partial charge in [-0.2, -0.15) is 0 Å². The molecule has 5 nitrogen and oxygen atoms in total. The first-order valence-electron chi connectivity index (χ1n) is 19.7. The molecule has 11 rings (SSSR count). The van der Waals surface area contributed by atoms with Crippen molar-refractivity contribution in [3.05, 3.63) is 206 Å². The monoisotopic (exact) mass is 744 g/mol. The molecule has 0 N–H and O–H groups in total. The molecule has 5 heteroatoms. The van der Waals surface area contributed by atoms with Gasteiger partial charge in [0.05, 0.1) is 0 Å². The van der Waals surface area contributed by atoms with Crippen molar-refractivity contribution in [2.45, 2.75) is 12.3 Å². The van der Waals surface area contributed by atoms with E-state index in [4.69, 9.17) is 19.4 Å². The fourth-order valence-corrected chi connectivity index (χ4v) is 8.25. The Morgan fingerprint density at radius 2 is 1.10 bits per heavy atom.